The van der Waals surface area contributed by atoms with Gasteiger partial charge in [0.1, 0.15) is 0 Å². The summed E-state index contributed by atoms with van der Waals surface area (Å²) in [5.74, 6) is 0.498. The molecule has 1 atom stereocenters. The second-order valence-electron chi connectivity index (χ2n) is 7.64. The second kappa shape index (κ2) is 10.7. The van der Waals surface area contributed by atoms with Crippen molar-refractivity contribution in [1.29, 1.82) is 5.26 Å². The van der Waals surface area contributed by atoms with Crippen LogP contribution in [0.25, 0.3) is 0 Å². The molecule has 1 unspecified atom stereocenters. The number of nitrogens with zero attached hydrogens (tertiary/aromatic N) is 4. The molecule has 33 heavy (non-hydrogen) atoms. The highest BCUT2D eigenvalue weighted by molar-refractivity contribution is 7.14. The zero-order valence-corrected chi connectivity index (χ0v) is 19.3. The van der Waals surface area contributed by atoms with Crippen LogP contribution in [-0.2, 0) is 6.42 Å². The van der Waals surface area contributed by atoms with Gasteiger partial charge in [0.25, 0.3) is 0 Å². The molecule has 0 radical (unpaired) electrons. The average molecular weight is 459 g/mol. The number of hydrogen-bond acceptors (Lipinski definition) is 4. The number of aliphatic imine (C=N–C) groups is 1. The summed E-state index contributed by atoms with van der Waals surface area (Å²) in [6.07, 6.45) is 2.80. The van der Waals surface area contributed by atoms with E-state index in [0.717, 1.165) is 28.2 Å². The number of carbonyl (C=O) groups is 1. The van der Waals surface area contributed by atoms with Crippen molar-refractivity contribution >= 4 is 34.0 Å². The maximum atomic E-state index is 13.1. The van der Waals surface area contributed by atoms with Crippen molar-refractivity contribution in [2.24, 2.45) is 4.99 Å². The molecule has 168 valence electrons. The third-order valence-electron chi connectivity index (χ3n) is 5.68. The molecule has 2 aromatic carbocycles. The van der Waals surface area contributed by atoms with Crippen molar-refractivity contribution in [3.63, 3.8) is 0 Å². The van der Waals surface area contributed by atoms with E-state index in [2.05, 4.69) is 28.6 Å². The summed E-state index contributed by atoms with van der Waals surface area (Å²) in [7, 11) is 0. The number of guanidine groups is 1. The number of urea groups is 1. The maximum absolute atomic E-state index is 13.1. The SMILES string of the molecule is CCc1ccccc1N/C(=N/C#N)N1CCN(C(=O)Nc2cccs2)C(c2ccccc2)C1. The van der Waals surface area contributed by atoms with E-state index in [1.54, 1.807) is 0 Å². The minimum absolute atomic E-state index is 0.131. The molecular formula is C25H26N6OS. The quantitative estimate of drug-likeness (QED) is 0.322. The van der Waals surface area contributed by atoms with Gasteiger partial charge in [-0.3, -0.25) is 5.32 Å². The molecule has 4 rings (SSSR count). The summed E-state index contributed by atoms with van der Waals surface area (Å²) in [4.78, 5) is 21.1. The highest BCUT2D eigenvalue weighted by Gasteiger charge is 2.33. The Labute approximate surface area is 198 Å². The van der Waals surface area contributed by atoms with Gasteiger partial charge >= 0.3 is 6.03 Å². The lowest BCUT2D eigenvalue weighted by Crippen LogP contribution is -2.54. The van der Waals surface area contributed by atoms with Crippen LogP contribution in [0.1, 0.15) is 24.1 Å². The third-order valence-corrected chi connectivity index (χ3v) is 6.46. The number of piperazine rings is 1. The normalized spacial score (nSPS) is 16.2. The van der Waals surface area contributed by atoms with E-state index in [-0.39, 0.29) is 12.1 Å². The Morgan fingerprint density at radius 1 is 1.09 bits per heavy atom. The number of nitrogens with one attached hydrogen (secondary N) is 2. The van der Waals surface area contributed by atoms with Crippen LogP contribution in [0.3, 0.4) is 0 Å². The monoisotopic (exact) mass is 458 g/mol. The first-order valence-corrected chi connectivity index (χ1v) is 11.8. The van der Waals surface area contributed by atoms with Gasteiger partial charge in [0.05, 0.1) is 11.0 Å². The number of para-hydroxylation sites is 1. The summed E-state index contributed by atoms with van der Waals surface area (Å²) < 4.78 is 0. The summed E-state index contributed by atoms with van der Waals surface area (Å²) in [6.45, 7) is 3.67. The molecule has 0 spiro atoms. The van der Waals surface area contributed by atoms with Crippen LogP contribution in [0, 0.1) is 11.5 Å². The molecule has 1 saturated heterocycles. The van der Waals surface area contributed by atoms with Crippen LogP contribution >= 0.6 is 11.3 Å². The topological polar surface area (TPSA) is 83.8 Å². The van der Waals surface area contributed by atoms with Crippen molar-refractivity contribution in [3.05, 3.63) is 83.2 Å². The standard InChI is InChI=1S/C25H26N6OS/c1-2-19-9-6-7-12-21(19)28-24(27-18-26)30-14-15-31(25(32)29-23-13-8-16-33-23)22(17-30)20-10-4-3-5-11-20/h3-13,16,22H,2,14-15,17H2,1H3,(H,27,28)(H,29,32). The molecule has 0 aliphatic carbocycles. The number of anilines is 2. The molecule has 7 nitrogen and oxygen atoms in total. The fourth-order valence-electron chi connectivity index (χ4n) is 4.00. The first-order valence-electron chi connectivity index (χ1n) is 10.9. The zero-order valence-electron chi connectivity index (χ0n) is 18.4. The maximum Gasteiger partial charge on any atom is 0.323 e. The Morgan fingerprint density at radius 2 is 1.88 bits per heavy atom. The number of hydrogen-bond donors (Lipinski definition) is 2. The molecule has 1 fully saturated rings. The van der Waals surface area contributed by atoms with Gasteiger partial charge in [-0.2, -0.15) is 5.26 Å². The van der Waals surface area contributed by atoms with Crippen molar-refractivity contribution < 1.29 is 4.79 Å². The smallest absolute Gasteiger partial charge is 0.323 e. The zero-order chi connectivity index (χ0) is 23.0. The predicted octanol–water partition coefficient (Wildman–Crippen LogP) is 5.15. The number of amides is 2. The number of thiophene rings is 1. The second-order valence-corrected chi connectivity index (χ2v) is 8.59. The van der Waals surface area contributed by atoms with E-state index >= 15 is 0 Å². The van der Waals surface area contributed by atoms with Crippen molar-refractivity contribution in [3.8, 4) is 6.19 Å². The van der Waals surface area contributed by atoms with Crippen molar-refractivity contribution in [2.45, 2.75) is 19.4 Å². The average Bonchev–Trinajstić information content (AvgIpc) is 3.37. The molecule has 1 aromatic heterocycles. The lowest BCUT2D eigenvalue weighted by Gasteiger charge is -2.42. The van der Waals surface area contributed by atoms with Gasteiger partial charge in [0, 0.05) is 25.3 Å². The Balaban J connectivity index is 1.58. The first-order chi connectivity index (χ1) is 16.2. The minimum Gasteiger partial charge on any atom is -0.338 e. The summed E-state index contributed by atoms with van der Waals surface area (Å²) in [6, 6.07) is 21.5. The van der Waals surface area contributed by atoms with E-state index in [9.17, 15) is 10.1 Å². The molecule has 0 saturated carbocycles. The third kappa shape index (κ3) is 5.33. The van der Waals surface area contributed by atoms with Crippen LogP contribution in [0.2, 0.25) is 0 Å². The lowest BCUT2D eigenvalue weighted by molar-refractivity contribution is 0.136. The van der Waals surface area contributed by atoms with Gasteiger partial charge in [-0.1, -0.05) is 55.5 Å². The molecule has 2 heterocycles. The van der Waals surface area contributed by atoms with Crippen molar-refractivity contribution in [1.82, 2.24) is 9.80 Å². The Morgan fingerprint density at radius 3 is 2.61 bits per heavy atom. The predicted molar refractivity (Wildman–Crippen MR) is 133 cm³/mol. The molecule has 1 aliphatic rings. The first kappa shape index (κ1) is 22.4. The van der Waals surface area contributed by atoms with Crippen LogP contribution < -0.4 is 10.6 Å². The van der Waals surface area contributed by atoms with Crippen molar-refractivity contribution in [2.75, 3.05) is 30.3 Å². The van der Waals surface area contributed by atoms with Crippen LogP contribution in [0.5, 0.6) is 0 Å². The number of aryl methyl sites for hydroxylation is 1. The molecule has 2 amide bonds. The van der Waals surface area contributed by atoms with Gasteiger partial charge in [-0.15, -0.1) is 16.3 Å². The Bertz CT molecular complexity index is 1140. The van der Waals surface area contributed by atoms with E-state index < -0.39 is 0 Å². The molecule has 1 aliphatic heterocycles. The molecule has 0 bridgehead atoms. The van der Waals surface area contributed by atoms with Gasteiger partial charge in [-0.05, 0) is 41.1 Å². The van der Waals surface area contributed by atoms with Gasteiger partial charge < -0.3 is 15.1 Å². The molecule has 2 N–H and O–H groups in total. The van der Waals surface area contributed by atoms with Crippen LogP contribution in [-0.4, -0.2) is 41.4 Å². The largest absolute Gasteiger partial charge is 0.338 e. The van der Waals surface area contributed by atoms with E-state index in [1.165, 1.54) is 11.3 Å². The van der Waals surface area contributed by atoms with Gasteiger partial charge in [-0.25, -0.2) is 4.79 Å². The van der Waals surface area contributed by atoms with Gasteiger partial charge in [0.2, 0.25) is 12.2 Å². The number of carbonyl (C=O) groups excluding carboxylic acids is 1. The molecule has 3 aromatic rings. The lowest BCUT2D eigenvalue weighted by atomic mass is 10.0. The fraction of sp³-hybridized carbons (Fsp3) is 0.240. The van der Waals surface area contributed by atoms with Crippen LogP contribution in [0.4, 0.5) is 15.5 Å². The summed E-state index contributed by atoms with van der Waals surface area (Å²) >= 11 is 1.49. The minimum atomic E-state index is -0.188. The Hall–Kier alpha value is -3.83. The van der Waals surface area contributed by atoms with Crippen LogP contribution in [0.15, 0.2) is 77.1 Å². The Kier molecular flexibility index (Phi) is 7.22. The highest BCUT2D eigenvalue weighted by atomic mass is 32.1. The number of nitriles is 1. The van der Waals surface area contributed by atoms with E-state index in [4.69, 9.17) is 0 Å². The number of rotatable bonds is 4. The molecule has 8 heteroatoms. The fourth-order valence-corrected chi connectivity index (χ4v) is 4.61. The molecular weight excluding hydrogens is 432 g/mol. The van der Waals surface area contributed by atoms with E-state index in [0.29, 0.717) is 25.6 Å². The van der Waals surface area contributed by atoms with Gasteiger partial charge in [0.15, 0.2) is 0 Å². The van der Waals surface area contributed by atoms with E-state index in [1.807, 2.05) is 82.0 Å². The number of benzene rings is 2. The summed E-state index contributed by atoms with van der Waals surface area (Å²) in [5, 5.41) is 18.5. The highest BCUT2D eigenvalue weighted by Crippen LogP contribution is 2.28. The summed E-state index contributed by atoms with van der Waals surface area (Å²) in [5.41, 5.74) is 3.12.